The summed E-state index contributed by atoms with van der Waals surface area (Å²) in [5.41, 5.74) is 1.16. The molecule has 0 aliphatic heterocycles. The fraction of sp³-hybridized carbons (Fsp3) is 0.429. The molecule has 0 aliphatic carbocycles. The number of carbonyl (C=O) groups is 6. The van der Waals surface area contributed by atoms with Crippen molar-refractivity contribution in [2.45, 2.75) is 90.9 Å². The third kappa shape index (κ3) is 19.7. The summed E-state index contributed by atoms with van der Waals surface area (Å²) >= 11 is 0. The van der Waals surface area contributed by atoms with E-state index in [-0.39, 0.29) is 64.2 Å². The Morgan fingerprint density at radius 2 is 0.862 bits per heavy atom. The zero-order valence-corrected chi connectivity index (χ0v) is 34.0. The van der Waals surface area contributed by atoms with Crippen molar-refractivity contribution in [3.63, 3.8) is 0 Å². The molecular formula is C42H56N6O10. The highest BCUT2D eigenvalue weighted by Gasteiger charge is 2.26. The number of carbonyl (C=O) groups excluding carboxylic acids is 6. The fourth-order valence-corrected chi connectivity index (χ4v) is 4.93. The first kappa shape index (κ1) is 46.4. The average Bonchev–Trinajstić information content (AvgIpc) is 3.14. The molecule has 0 aliphatic rings. The summed E-state index contributed by atoms with van der Waals surface area (Å²) in [6, 6.07) is 23.0. The van der Waals surface area contributed by atoms with Crippen molar-refractivity contribution in [1.82, 2.24) is 21.3 Å². The van der Waals surface area contributed by atoms with Gasteiger partial charge in [-0.3, -0.25) is 19.2 Å². The summed E-state index contributed by atoms with van der Waals surface area (Å²) in [5.74, 6) is -1.85. The standard InChI is InChI=1S/C42H56N6O10/c1-41(2,3)57-39(53)47-33(27-55-25-29-13-9-7-10-14-29)37(51)43-23-21-35(49)45-31-17-19-32(20-18-31)46-36(50)22-24-44-38(52)34(48-40(54)58-42(4,5)6)28-56-26-30-15-11-8-12-16-30/h7-20,33-34H,21-28H2,1-6H3,(H,43,51)(H,44,52)(H,45,49)(H,46,50)(H,47,53)(H,48,54)/t33-,34-/m0/s1. The van der Waals surface area contributed by atoms with Gasteiger partial charge in [0.1, 0.15) is 23.3 Å². The summed E-state index contributed by atoms with van der Waals surface area (Å²) in [6.07, 6.45) is -1.68. The number of rotatable bonds is 20. The number of hydrogen-bond donors (Lipinski definition) is 6. The summed E-state index contributed by atoms with van der Waals surface area (Å²) in [4.78, 5) is 76.0. The van der Waals surface area contributed by atoms with Crippen LogP contribution in [0.5, 0.6) is 0 Å². The van der Waals surface area contributed by atoms with Crippen LogP contribution in [0.4, 0.5) is 21.0 Å². The molecule has 314 valence electrons. The first-order valence-corrected chi connectivity index (χ1v) is 18.9. The van der Waals surface area contributed by atoms with Gasteiger partial charge in [-0.2, -0.15) is 0 Å². The van der Waals surface area contributed by atoms with Crippen LogP contribution in [-0.4, -0.2) is 85.4 Å². The molecule has 6 amide bonds. The van der Waals surface area contributed by atoms with Crippen LogP contribution in [0.2, 0.25) is 0 Å². The van der Waals surface area contributed by atoms with Crippen molar-refractivity contribution in [3.8, 4) is 0 Å². The zero-order valence-electron chi connectivity index (χ0n) is 34.0. The molecule has 0 aromatic heterocycles. The molecule has 3 aromatic rings. The third-order valence-corrected chi connectivity index (χ3v) is 7.56. The van der Waals surface area contributed by atoms with Gasteiger partial charge in [-0.15, -0.1) is 0 Å². The Kier molecular flexibility index (Phi) is 18.6. The molecule has 6 N–H and O–H groups in total. The van der Waals surface area contributed by atoms with Crippen LogP contribution in [0.15, 0.2) is 84.9 Å². The molecule has 3 rings (SSSR count). The Labute approximate surface area is 339 Å². The van der Waals surface area contributed by atoms with Crippen molar-refractivity contribution < 1.29 is 47.7 Å². The Bertz CT molecular complexity index is 1650. The SMILES string of the molecule is CC(C)(C)OC(=O)N[C@@H](COCc1ccccc1)C(=O)NCCC(=O)Nc1ccc(NC(=O)CCNC(=O)[C@H](COCc2ccccc2)NC(=O)OC(C)(C)C)cc1. The third-order valence-electron chi connectivity index (χ3n) is 7.56. The first-order valence-electron chi connectivity index (χ1n) is 18.9. The smallest absolute Gasteiger partial charge is 0.408 e. The van der Waals surface area contributed by atoms with Crippen molar-refractivity contribution in [1.29, 1.82) is 0 Å². The molecule has 0 heterocycles. The van der Waals surface area contributed by atoms with Crippen molar-refractivity contribution in [2.75, 3.05) is 36.9 Å². The van der Waals surface area contributed by atoms with E-state index in [1.807, 2.05) is 60.7 Å². The predicted molar refractivity (Wildman–Crippen MR) is 217 cm³/mol. The van der Waals surface area contributed by atoms with Crippen LogP contribution in [0.1, 0.15) is 65.5 Å². The normalized spacial score (nSPS) is 12.2. The Balaban J connectivity index is 1.41. The number of benzene rings is 3. The lowest BCUT2D eigenvalue weighted by molar-refractivity contribution is -0.126. The Hall–Kier alpha value is -6.00. The molecule has 0 saturated carbocycles. The van der Waals surface area contributed by atoms with Gasteiger partial charge in [-0.05, 0) is 76.9 Å². The van der Waals surface area contributed by atoms with E-state index in [0.29, 0.717) is 11.4 Å². The number of ether oxygens (including phenoxy) is 4. The number of anilines is 2. The maximum atomic E-state index is 13.0. The summed E-state index contributed by atoms with van der Waals surface area (Å²) in [6.45, 7) is 10.4. The van der Waals surface area contributed by atoms with Gasteiger partial charge in [0.15, 0.2) is 0 Å². The van der Waals surface area contributed by atoms with Crippen LogP contribution in [0.3, 0.4) is 0 Å². The number of amides is 6. The molecular weight excluding hydrogens is 748 g/mol. The minimum atomic E-state index is -1.07. The lowest BCUT2D eigenvalue weighted by Gasteiger charge is -2.23. The van der Waals surface area contributed by atoms with Gasteiger partial charge in [-0.1, -0.05) is 60.7 Å². The molecule has 0 spiro atoms. The maximum absolute atomic E-state index is 13.0. The van der Waals surface area contributed by atoms with Crippen LogP contribution in [-0.2, 0) is 51.3 Å². The molecule has 2 atom stereocenters. The van der Waals surface area contributed by atoms with E-state index in [9.17, 15) is 28.8 Å². The van der Waals surface area contributed by atoms with Gasteiger partial charge in [0.25, 0.3) is 0 Å². The van der Waals surface area contributed by atoms with E-state index in [1.54, 1.807) is 65.8 Å². The second-order valence-electron chi connectivity index (χ2n) is 15.2. The minimum Gasteiger partial charge on any atom is -0.444 e. The van der Waals surface area contributed by atoms with Crippen molar-refractivity contribution in [3.05, 3.63) is 96.1 Å². The highest BCUT2D eigenvalue weighted by molar-refractivity contribution is 5.94. The second-order valence-corrected chi connectivity index (χ2v) is 15.2. The Morgan fingerprint density at radius 3 is 1.19 bits per heavy atom. The van der Waals surface area contributed by atoms with Crippen molar-refractivity contribution >= 4 is 47.2 Å². The fourth-order valence-electron chi connectivity index (χ4n) is 4.93. The number of alkyl carbamates (subject to hydrolysis) is 2. The Morgan fingerprint density at radius 1 is 0.517 bits per heavy atom. The molecule has 3 aromatic carbocycles. The highest BCUT2D eigenvalue weighted by atomic mass is 16.6. The monoisotopic (exact) mass is 804 g/mol. The van der Waals surface area contributed by atoms with Gasteiger partial charge in [0, 0.05) is 37.3 Å². The number of hydrogen-bond acceptors (Lipinski definition) is 10. The lowest BCUT2D eigenvalue weighted by Crippen LogP contribution is -2.51. The molecule has 0 unspecified atom stereocenters. The number of nitrogens with one attached hydrogen (secondary N) is 6. The summed E-state index contributed by atoms with van der Waals surface area (Å²) in [7, 11) is 0. The van der Waals surface area contributed by atoms with E-state index in [2.05, 4.69) is 31.9 Å². The zero-order chi connectivity index (χ0) is 42.6. The predicted octanol–water partition coefficient (Wildman–Crippen LogP) is 4.80. The second kappa shape index (κ2) is 23.3. The van der Waals surface area contributed by atoms with E-state index < -0.39 is 47.3 Å². The van der Waals surface area contributed by atoms with Gasteiger partial charge in [0.2, 0.25) is 23.6 Å². The molecule has 0 radical (unpaired) electrons. The molecule has 16 nitrogen and oxygen atoms in total. The van der Waals surface area contributed by atoms with E-state index in [0.717, 1.165) is 11.1 Å². The topological polar surface area (TPSA) is 212 Å². The van der Waals surface area contributed by atoms with Crippen LogP contribution in [0, 0.1) is 0 Å². The van der Waals surface area contributed by atoms with Crippen LogP contribution < -0.4 is 31.9 Å². The average molecular weight is 805 g/mol. The van der Waals surface area contributed by atoms with Gasteiger partial charge in [-0.25, -0.2) is 9.59 Å². The molecule has 16 heteroatoms. The van der Waals surface area contributed by atoms with E-state index in [1.165, 1.54) is 0 Å². The lowest BCUT2D eigenvalue weighted by atomic mass is 10.2. The summed E-state index contributed by atoms with van der Waals surface area (Å²) < 4.78 is 22.0. The minimum absolute atomic E-state index is 0.0148. The van der Waals surface area contributed by atoms with E-state index in [4.69, 9.17) is 18.9 Å². The van der Waals surface area contributed by atoms with Gasteiger partial charge < -0.3 is 50.8 Å². The van der Waals surface area contributed by atoms with E-state index >= 15 is 0 Å². The van der Waals surface area contributed by atoms with Crippen molar-refractivity contribution in [2.24, 2.45) is 0 Å². The quantitative estimate of drug-likeness (QED) is 0.0919. The first-order chi connectivity index (χ1) is 27.5. The maximum Gasteiger partial charge on any atom is 0.408 e. The molecule has 0 saturated heterocycles. The van der Waals surface area contributed by atoms with Crippen LogP contribution in [0.25, 0.3) is 0 Å². The molecule has 0 bridgehead atoms. The van der Waals surface area contributed by atoms with Gasteiger partial charge in [0.05, 0.1) is 26.4 Å². The molecule has 58 heavy (non-hydrogen) atoms. The highest BCUT2D eigenvalue weighted by Crippen LogP contribution is 2.14. The molecule has 0 fully saturated rings. The van der Waals surface area contributed by atoms with Gasteiger partial charge >= 0.3 is 12.2 Å². The largest absolute Gasteiger partial charge is 0.444 e. The summed E-state index contributed by atoms with van der Waals surface area (Å²) in [5, 5.41) is 15.8. The van der Waals surface area contributed by atoms with Crippen LogP contribution >= 0.6 is 0 Å².